The van der Waals surface area contributed by atoms with E-state index >= 15 is 0 Å². The van der Waals surface area contributed by atoms with Gasteiger partial charge >= 0.3 is 0 Å². The Morgan fingerprint density at radius 2 is 2.00 bits per heavy atom. The summed E-state index contributed by atoms with van der Waals surface area (Å²) in [5, 5.41) is 11.8. The van der Waals surface area contributed by atoms with Crippen LogP contribution < -0.4 is 5.32 Å². The zero-order valence-electron chi connectivity index (χ0n) is 10.4. The summed E-state index contributed by atoms with van der Waals surface area (Å²) in [6.45, 7) is 11.7. The van der Waals surface area contributed by atoms with Gasteiger partial charge in [0, 0.05) is 38.8 Å². The standard InChI is InChI=1S/C11H21N5/c1-9(2)16-10(3)11(13-14-16)8-15-6-4-12-5-7-15/h9,12H,4-8H2,1-3H3. The van der Waals surface area contributed by atoms with Crippen LogP contribution in [0.2, 0.25) is 0 Å². The predicted octanol–water partition coefficient (Wildman–Crippen LogP) is 0.573. The summed E-state index contributed by atoms with van der Waals surface area (Å²) in [5.41, 5.74) is 2.32. The number of nitrogens with zero attached hydrogens (tertiary/aromatic N) is 4. The third kappa shape index (κ3) is 2.41. The molecule has 2 heterocycles. The first-order valence-electron chi connectivity index (χ1n) is 6.02. The summed E-state index contributed by atoms with van der Waals surface area (Å²) in [5.74, 6) is 0. The van der Waals surface area contributed by atoms with Gasteiger partial charge < -0.3 is 5.32 Å². The molecular weight excluding hydrogens is 202 g/mol. The Bertz CT molecular complexity index is 338. The van der Waals surface area contributed by atoms with E-state index in [1.165, 1.54) is 5.69 Å². The van der Waals surface area contributed by atoms with Crippen LogP contribution >= 0.6 is 0 Å². The Labute approximate surface area is 96.8 Å². The molecule has 0 saturated carbocycles. The van der Waals surface area contributed by atoms with E-state index in [1.54, 1.807) is 0 Å². The van der Waals surface area contributed by atoms with E-state index in [4.69, 9.17) is 0 Å². The van der Waals surface area contributed by atoms with E-state index in [0.717, 1.165) is 38.4 Å². The first kappa shape index (κ1) is 11.5. The van der Waals surface area contributed by atoms with Crippen molar-refractivity contribution in [2.45, 2.75) is 33.4 Å². The number of hydrogen-bond acceptors (Lipinski definition) is 4. The van der Waals surface area contributed by atoms with Crippen molar-refractivity contribution >= 4 is 0 Å². The molecule has 0 bridgehead atoms. The van der Waals surface area contributed by atoms with Crippen LogP contribution in [0, 0.1) is 6.92 Å². The molecule has 2 rings (SSSR count). The molecular formula is C11H21N5. The fraction of sp³-hybridized carbons (Fsp3) is 0.818. The molecule has 1 aromatic rings. The Balaban J connectivity index is 2.03. The van der Waals surface area contributed by atoms with Gasteiger partial charge in [-0.2, -0.15) is 0 Å². The van der Waals surface area contributed by atoms with Gasteiger partial charge in [0.15, 0.2) is 0 Å². The minimum atomic E-state index is 0.393. The van der Waals surface area contributed by atoms with Crippen molar-refractivity contribution in [1.29, 1.82) is 0 Å². The Morgan fingerprint density at radius 1 is 1.31 bits per heavy atom. The maximum Gasteiger partial charge on any atom is 0.0996 e. The summed E-state index contributed by atoms with van der Waals surface area (Å²) in [4.78, 5) is 2.43. The third-order valence-electron chi connectivity index (χ3n) is 3.10. The van der Waals surface area contributed by atoms with E-state index in [2.05, 4.69) is 41.3 Å². The van der Waals surface area contributed by atoms with Crippen molar-refractivity contribution in [2.24, 2.45) is 0 Å². The Kier molecular flexibility index (Phi) is 3.56. The molecule has 0 amide bonds. The molecule has 0 unspecified atom stereocenters. The monoisotopic (exact) mass is 223 g/mol. The predicted molar refractivity (Wildman–Crippen MR) is 63.3 cm³/mol. The van der Waals surface area contributed by atoms with Crippen LogP contribution in [0.4, 0.5) is 0 Å². The SMILES string of the molecule is Cc1c(CN2CCNCC2)nnn1C(C)C. The summed E-state index contributed by atoms with van der Waals surface area (Å²) in [7, 11) is 0. The summed E-state index contributed by atoms with van der Waals surface area (Å²) >= 11 is 0. The van der Waals surface area contributed by atoms with Crippen LogP contribution in [0.5, 0.6) is 0 Å². The fourth-order valence-corrected chi connectivity index (χ4v) is 2.09. The first-order valence-corrected chi connectivity index (χ1v) is 6.02. The number of hydrogen-bond donors (Lipinski definition) is 1. The molecule has 5 nitrogen and oxygen atoms in total. The molecule has 1 saturated heterocycles. The zero-order valence-corrected chi connectivity index (χ0v) is 10.4. The molecule has 0 aromatic carbocycles. The average molecular weight is 223 g/mol. The lowest BCUT2D eigenvalue weighted by Crippen LogP contribution is -2.43. The lowest BCUT2D eigenvalue weighted by molar-refractivity contribution is 0.230. The second-order valence-electron chi connectivity index (χ2n) is 4.69. The van der Waals surface area contributed by atoms with Gasteiger partial charge in [0.2, 0.25) is 0 Å². The number of aromatic nitrogens is 3. The van der Waals surface area contributed by atoms with Gasteiger partial charge in [-0.15, -0.1) is 5.10 Å². The number of rotatable bonds is 3. The van der Waals surface area contributed by atoms with Gasteiger partial charge in [-0.25, -0.2) is 4.68 Å². The maximum absolute atomic E-state index is 4.28. The molecule has 90 valence electrons. The number of nitrogens with one attached hydrogen (secondary N) is 1. The second-order valence-corrected chi connectivity index (χ2v) is 4.69. The van der Waals surface area contributed by atoms with Gasteiger partial charge in [0.1, 0.15) is 0 Å². The maximum atomic E-state index is 4.28. The van der Waals surface area contributed by atoms with Gasteiger partial charge in [-0.05, 0) is 20.8 Å². The largest absolute Gasteiger partial charge is 0.314 e. The molecule has 0 aliphatic carbocycles. The average Bonchev–Trinajstić information content (AvgIpc) is 2.62. The Hall–Kier alpha value is -0.940. The van der Waals surface area contributed by atoms with Crippen molar-refractivity contribution < 1.29 is 0 Å². The van der Waals surface area contributed by atoms with Crippen molar-refractivity contribution in [3.8, 4) is 0 Å². The molecule has 16 heavy (non-hydrogen) atoms. The highest BCUT2D eigenvalue weighted by molar-refractivity contribution is 5.08. The molecule has 0 spiro atoms. The Morgan fingerprint density at radius 3 is 2.56 bits per heavy atom. The van der Waals surface area contributed by atoms with E-state index < -0.39 is 0 Å². The van der Waals surface area contributed by atoms with Crippen molar-refractivity contribution in [3.05, 3.63) is 11.4 Å². The molecule has 1 aliphatic heterocycles. The number of piperazine rings is 1. The minimum Gasteiger partial charge on any atom is -0.314 e. The molecule has 1 aromatic heterocycles. The summed E-state index contributed by atoms with van der Waals surface area (Å²) < 4.78 is 2.00. The lowest BCUT2D eigenvalue weighted by Gasteiger charge is -2.26. The van der Waals surface area contributed by atoms with Gasteiger partial charge in [-0.1, -0.05) is 5.21 Å². The van der Waals surface area contributed by atoms with E-state index in [-0.39, 0.29) is 0 Å². The summed E-state index contributed by atoms with van der Waals surface area (Å²) in [6, 6.07) is 0.393. The van der Waals surface area contributed by atoms with Crippen LogP contribution in [0.3, 0.4) is 0 Å². The van der Waals surface area contributed by atoms with Crippen molar-refractivity contribution in [3.63, 3.8) is 0 Å². The smallest absolute Gasteiger partial charge is 0.0996 e. The van der Waals surface area contributed by atoms with Crippen molar-refractivity contribution in [2.75, 3.05) is 26.2 Å². The highest BCUT2D eigenvalue weighted by Crippen LogP contribution is 2.12. The van der Waals surface area contributed by atoms with Crippen LogP contribution in [-0.2, 0) is 6.54 Å². The molecule has 1 N–H and O–H groups in total. The molecule has 1 aliphatic rings. The highest BCUT2D eigenvalue weighted by Gasteiger charge is 2.15. The third-order valence-corrected chi connectivity index (χ3v) is 3.10. The zero-order chi connectivity index (χ0) is 11.5. The van der Waals surface area contributed by atoms with E-state index in [0.29, 0.717) is 6.04 Å². The van der Waals surface area contributed by atoms with Gasteiger partial charge in [-0.3, -0.25) is 4.90 Å². The van der Waals surface area contributed by atoms with E-state index in [9.17, 15) is 0 Å². The van der Waals surface area contributed by atoms with Crippen LogP contribution in [0.15, 0.2) is 0 Å². The summed E-state index contributed by atoms with van der Waals surface area (Å²) in [6.07, 6.45) is 0. The molecule has 0 radical (unpaired) electrons. The van der Waals surface area contributed by atoms with Crippen LogP contribution in [0.25, 0.3) is 0 Å². The minimum absolute atomic E-state index is 0.393. The highest BCUT2D eigenvalue weighted by atomic mass is 15.4. The lowest BCUT2D eigenvalue weighted by atomic mass is 10.2. The molecule has 5 heteroatoms. The normalized spacial score (nSPS) is 18.2. The quantitative estimate of drug-likeness (QED) is 0.814. The molecule has 1 fully saturated rings. The van der Waals surface area contributed by atoms with Gasteiger partial charge in [0.05, 0.1) is 11.4 Å². The topological polar surface area (TPSA) is 46.0 Å². The van der Waals surface area contributed by atoms with Crippen molar-refractivity contribution in [1.82, 2.24) is 25.2 Å². The second kappa shape index (κ2) is 4.93. The molecule has 0 atom stereocenters. The van der Waals surface area contributed by atoms with Crippen LogP contribution in [0.1, 0.15) is 31.3 Å². The first-order chi connectivity index (χ1) is 7.68. The van der Waals surface area contributed by atoms with Gasteiger partial charge in [0.25, 0.3) is 0 Å². The van der Waals surface area contributed by atoms with Crippen LogP contribution in [-0.4, -0.2) is 46.1 Å². The fourth-order valence-electron chi connectivity index (χ4n) is 2.09. The van der Waals surface area contributed by atoms with E-state index in [1.807, 2.05) is 4.68 Å².